The largest absolute Gasteiger partial charge is 0.328 e. The van der Waals surface area contributed by atoms with Crippen molar-refractivity contribution in [1.29, 1.82) is 5.26 Å². The molecule has 156 valence electrons. The fourth-order valence-electron chi connectivity index (χ4n) is 4.07. The van der Waals surface area contributed by atoms with Gasteiger partial charge in [-0.05, 0) is 36.7 Å². The number of halogens is 2. The van der Waals surface area contributed by atoms with Gasteiger partial charge in [0.25, 0.3) is 5.92 Å². The molecule has 2 fully saturated rings. The van der Waals surface area contributed by atoms with Gasteiger partial charge < -0.3 is 10.2 Å². The minimum Gasteiger partial charge on any atom is -0.328 e. The van der Waals surface area contributed by atoms with Crippen molar-refractivity contribution >= 4 is 11.8 Å². The molecule has 29 heavy (non-hydrogen) atoms. The number of urea groups is 1. The molecule has 1 aliphatic carbocycles. The lowest BCUT2D eigenvalue weighted by atomic mass is 9.95. The first-order valence-electron chi connectivity index (χ1n) is 10.2. The van der Waals surface area contributed by atoms with E-state index in [1.165, 1.54) is 0 Å². The third-order valence-corrected chi connectivity index (χ3v) is 5.88. The minimum absolute atomic E-state index is 0.0533. The van der Waals surface area contributed by atoms with E-state index in [2.05, 4.69) is 5.32 Å². The third kappa shape index (κ3) is 5.99. The van der Waals surface area contributed by atoms with Gasteiger partial charge in [-0.1, -0.05) is 30.3 Å². The summed E-state index contributed by atoms with van der Waals surface area (Å²) < 4.78 is 29.4. The Balaban J connectivity index is 1.65. The Kier molecular flexibility index (Phi) is 6.51. The Morgan fingerprint density at radius 3 is 2.62 bits per heavy atom. The molecule has 1 spiro atoms. The Morgan fingerprint density at radius 1 is 1.24 bits per heavy atom. The minimum atomic E-state index is -3.15. The predicted molar refractivity (Wildman–Crippen MR) is 104 cm³/mol. The quantitative estimate of drug-likeness (QED) is 0.711. The van der Waals surface area contributed by atoms with Gasteiger partial charge in [0.15, 0.2) is 5.78 Å². The van der Waals surface area contributed by atoms with Gasteiger partial charge in [-0.25, -0.2) is 13.6 Å². The maximum absolute atomic E-state index is 14.7. The summed E-state index contributed by atoms with van der Waals surface area (Å²) in [7, 11) is 0. The summed E-state index contributed by atoms with van der Waals surface area (Å²) in [6, 6.07) is 8.46. The number of benzene rings is 1. The molecule has 1 aromatic carbocycles. The number of alkyl halides is 2. The van der Waals surface area contributed by atoms with Crippen molar-refractivity contribution in [3.63, 3.8) is 0 Å². The number of hydrogen-bond donors (Lipinski definition) is 1. The second-order valence-electron chi connectivity index (χ2n) is 8.37. The van der Waals surface area contributed by atoms with Crippen molar-refractivity contribution in [2.45, 2.75) is 63.3 Å². The molecule has 1 heterocycles. The van der Waals surface area contributed by atoms with Crippen LogP contribution in [0.15, 0.2) is 30.3 Å². The molecule has 0 bridgehead atoms. The normalized spacial score (nSPS) is 18.7. The van der Waals surface area contributed by atoms with Crippen LogP contribution in [0, 0.1) is 16.7 Å². The van der Waals surface area contributed by atoms with Gasteiger partial charge in [-0.3, -0.25) is 4.79 Å². The molecule has 5 nitrogen and oxygen atoms in total. The van der Waals surface area contributed by atoms with Crippen LogP contribution in [0.4, 0.5) is 13.6 Å². The SMILES string of the molecule is N#CCCC(=O)[C@H](CC(F)(F)Cc1ccccc1)NC(=O)N1CCCC2(CC2)C1. The van der Waals surface area contributed by atoms with E-state index in [-0.39, 0.29) is 18.3 Å². The van der Waals surface area contributed by atoms with Gasteiger partial charge in [0.1, 0.15) is 0 Å². The van der Waals surface area contributed by atoms with E-state index >= 15 is 0 Å². The zero-order valence-corrected chi connectivity index (χ0v) is 16.5. The van der Waals surface area contributed by atoms with Crippen LogP contribution in [0.2, 0.25) is 0 Å². The number of ketones is 1. The van der Waals surface area contributed by atoms with Crippen LogP contribution in [0.3, 0.4) is 0 Å². The Morgan fingerprint density at radius 2 is 1.97 bits per heavy atom. The van der Waals surface area contributed by atoms with Crippen molar-refractivity contribution < 1.29 is 18.4 Å². The van der Waals surface area contributed by atoms with Crippen LogP contribution in [0.1, 0.15) is 50.5 Å². The molecule has 2 amide bonds. The van der Waals surface area contributed by atoms with Crippen LogP contribution in [0.5, 0.6) is 0 Å². The Bertz CT molecular complexity index is 772. The molecule has 3 rings (SSSR count). The molecule has 1 aliphatic heterocycles. The lowest BCUT2D eigenvalue weighted by Crippen LogP contribution is -2.52. The first kappa shape index (κ1) is 21.2. The number of hydrogen-bond acceptors (Lipinski definition) is 3. The molecule has 2 aliphatic rings. The molecule has 1 aromatic rings. The van der Waals surface area contributed by atoms with Gasteiger partial charge in [-0.15, -0.1) is 0 Å². The molecule has 0 aromatic heterocycles. The van der Waals surface area contributed by atoms with Gasteiger partial charge in [0, 0.05) is 38.8 Å². The molecule has 7 heteroatoms. The van der Waals surface area contributed by atoms with E-state index in [1.54, 1.807) is 35.2 Å². The molecule has 0 radical (unpaired) electrons. The molecule has 1 atom stereocenters. The average molecular weight is 403 g/mol. The highest BCUT2D eigenvalue weighted by Crippen LogP contribution is 2.52. The van der Waals surface area contributed by atoms with E-state index in [0.717, 1.165) is 25.7 Å². The second kappa shape index (κ2) is 8.89. The van der Waals surface area contributed by atoms with Crippen molar-refractivity contribution in [1.82, 2.24) is 10.2 Å². The third-order valence-electron chi connectivity index (χ3n) is 5.88. The smallest absolute Gasteiger partial charge is 0.318 e. The van der Waals surface area contributed by atoms with Gasteiger partial charge >= 0.3 is 6.03 Å². The van der Waals surface area contributed by atoms with Crippen molar-refractivity contribution in [2.75, 3.05) is 13.1 Å². The Hall–Kier alpha value is -2.49. The molecule has 1 N–H and O–H groups in total. The number of amides is 2. The van der Waals surface area contributed by atoms with Crippen molar-refractivity contribution in [2.24, 2.45) is 5.41 Å². The fraction of sp³-hybridized carbons (Fsp3) is 0.591. The van der Waals surface area contributed by atoms with Crippen LogP contribution < -0.4 is 5.32 Å². The van der Waals surface area contributed by atoms with Gasteiger partial charge in [-0.2, -0.15) is 5.26 Å². The van der Waals surface area contributed by atoms with E-state index in [9.17, 15) is 18.4 Å². The van der Waals surface area contributed by atoms with E-state index in [0.29, 0.717) is 18.7 Å². The molecular formula is C22H27F2N3O2. The summed E-state index contributed by atoms with van der Waals surface area (Å²) in [5.41, 5.74) is 0.673. The summed E-state index contributed by atoms with van der Waals surface area (Å²) >= 11 is 0. The predicted octanol–water partition coefficient (Wildman–Crippen LogP) is 4.08. The summed E-state index contributed by atoms with van der Waals surface area (Å²) in [5.74, 6) is -3.67. The summed E-state index contributed by atoms with van der Waals surface area (Å²) in [5, 5.41) is 11.3. The molecule has 0 unspecified atom stereocenters. The number of piperidine rings is 1. The summed E-state index contributed by atoms with van der Waals surface area (Å²) in [6.07, 6.45) is 2.71. The van der Waals surface area contributed by atoms with Gasteiger partial charge in [0.05, 0.1) is 12.1 Å². The number of nitrogens with one attached hydrogen (secondary N) is 1. The maximum atomic E-state index is 14.7. The number of carbonyl (C=O) groups excluding carboxylic acids is 2. The first-order valence-corrected chi connectivity index (χ1v) is 10.2. The zero-order valence-electron chi connectivity index (χ0n) is 16.5. The number of Topliss-reactive ketones (excluding diaryl/α,β-unsaturated/α-hetero) is 1. The highest BCUT2D eigenvalue weighted by molar-refractivity contribution is 5.88. The fourth-order valence-corrected chi connectivity index (χ4v) is 4.07. The topological polar surface area (TPSA) is 73.2 Å². The van der Waals surface area contributed by atoms with Crippen LogP contribution in [-0.2, 0) is 11.2 Å². The number of rotatable bonds is 8. The van der Waals surface area contributed by atoms with Crippen LogP contribution in [0.25, 0.3) is 0 Å². The summed E-state index contributed by atoms with van der Waals surface area (Å²) in [4.78, 5) is 26.8. The number of carbonyl (C=O) groups is 2. The van der Waals surface area contributed by atoms with Crippen molar-refractivity contribution in [3.05, 3.63) is 35.9 Å². The number of nitrogens with zero attached hydrogens (tertiary/aromatic N) is 2. The highest BCUT2D eigenvalue weighted by Gasteiger charge is 2.47. The highest BCUT2D eigenvalue weighted by atomic mass is 19.3. The van der Waals surface area contributed by atoms with Crippen LogP contribution in [-0.4, -0.2) is 41.8 Å². The van der Waals surface area contributed by atoms with Gasteiger partial charge in [0.2, 0.25) is 0 Å². The van der Waals surface area contributed by atoms with E-state index < -0.39 is 36.6 Å². The van der Waals surface area contributed by atoms with Crippen LogP contribution >= 0.6 is 0 Å². The van der Waals surface area contributed by atoms with E-state index in [1.807, 2.05) is 6.07 Å². The lowest BCUT2D eigenvalue weighted by molar-refractivity contribution is -0.123. The average Bonchev–Trinajstić information content (AvgIpc) is 3.44. The van der Waals surface area contributed by atoms with E-state index in [4.69, 9.17) is 5.26 Å². The first-order chi connectivity index (χ1) is 13.8. The lowest BCUT2D eigenvalue weighted by Gasteiger charge is -2.34. The molecule has 1 saturated carbocycles. The second-order valence-corrected chi connectivity index (χ2v) is 8.37. The molecular weight excluding hydrogens is 376 g/mol. The number of nitriles is 1. The summed E-state index contributed by atoms with van der Waals surface area (Å²) in [6.45, 7) is 1.20. The zero-order chi connectivity index (χ0) is 20.9. The monoisotopic (exact) mass is 403 g/mol. The molecule has 1 saturated heterocycles. The number of likely N-dealkylation sites (tertiary alicyclic amines) is 1. The Labute approximate surface area is 170 Å². The van der Waals surface area contributed by atoms with Crippen molar-refractivity contribution in [3.8, 4) is 6.07 Å². The standard InChI is InChI=1S/C22H27F2N3O2/c23-22(24,14-17-6-2-1-3-7-17)15-18(19(28)8-4-12-25)26-20(29)27-13-5-9-21(16-27)10-11-21/h1-3,6-7,18H,4-5,8-11,13-16H2,(H,26,29)/t18-/m0/s1. The maximum Gasteiger partial charge on any atom is 0.318 e.